The topological polar surface area (TPSA) is 75.4 Å². The SMILES string of the molecule is CCCC(=O)Nc1cc(C)c(O)c(-c2nc3cc(Cl)ccc3o2)c1. The molecule has 2 N–H and O–H groups in total. The summed E-state index contributed by atoms with van der Waals surface area (Å²) in [5.74, 6) is 0.276. The normalized spacial score (nSPS) is 11.0. The fourth-order valence-electron chi connectivity index (χ4n) is 2.48. The Morgan fingerprint density at radius 2 is 2.12 bits per heavy atom. The lowest BCUT2D eigenvalue weighted by atomic mass is 10.1. The number of aromatic nitrogens is 1. The van der Waals surface area contributed by atoms with Crippen molar-refractivity contribution in [1.29, 1.82) is 0 Å². The number of hydrogen-bond acceptors (Lipinski definition) is 4. The van der Waals surface area contributed by atoms with Crippen molar-refractivity contribution >= 4 is 34.3 Å². The predicted octanol–water partition coefficient (Wildman–Crippen LogP) is 4.90. The number of hydrogen-bond donors (Lipinski definition) is 2. The van der Waals surface area contributed by atoms with Crippen molar-refractivity contribution < 1.29 is 14.3 Å². The number of carbonyl (C=O) groups is 1. The van der Waals surface area contributed by atoms with E-state index in [0.717, 1.165) is 6.42 Å². The molecule has 0 atom stereocenters. The fraction of sp³-hybridized carbons (Fsp3) is 0.222. The summed E-state index contributed by atoms with van der Waals surface area (Å²) in [6.45, 7) is 3.70. The number of oxazole rings is 1. The molecule has 1 heterocycles. The third-order valence-electron chi connectivity index (χ3n) is 3.64. The van der Waals surface area contributed by atoms with Crippen molar-refractivity contribution in [2.45, 2.75) is 26.7 Å². The summed E-state index contributed by atoms with van der Waals surface area (Å²) < 4.78 is 5.71. The van der Waals surface area contributed by atoms with Crippen LogP contribution in [0.3, 0.4) is 0 Å². The van der Waals surface area contributed by atoms with Gasteiger partial charge < -0.3 is 14.8 Å². The van der Waals surface area contributed by atoms with Crippen LogP contribution in [0, 0.1) is 6.92 Å². The second kappa shape index (κ2) is 6.53. The number of phenolic OH excluding ortho intramolecular Hbond substituents is 1. The molecule has 124 valence electrons. The molecule has 0 aliphatic heterocycles. The van der Waals surface area contributed by atoms with Crippen molar-refractivity contribution in [2.24, 2.45) is 0 Å². The molecule has 0 unspecified atom stereocenters. The molecule has 0 bridgehead atoms. The first-order valence-corrected chi connectivity index (χ1v) is 8.05. The summed E-state index contributed by atoms with van der Waals surface area (Å²) in [6.07, 6.45) is 1.21. The van der Waals surface area contributed by atoms with E-state index in [0.29, 0.717) is 39.4 Å². The van der Waals surface area contributed by atoms with Gasteiger partial charge in [0.15, 0.2) is 5.58 Å². The van der Waals surface area contributed by atoms with E-state index in [2.05, 4.69) is 10.3 Å². The number of amides is 1. The molecular weight excluding hydrogens is 328 g/mol. The Hall–Kier alpha value is -2.53. The average Bonchev–Trinajstić information content (AvgIpc) is 2.93. The number of aryl methyl sites for hydroxylation is 1. The van der Waals surface area contributed by atoms with Crippen molar-refractivity contribution in [2.75, 3.05) is 5.32 Å². The lowest BCUT2D eigenvalue weighted by Gasteiger charge is -2.10. The molecule has 5 nitrogen and oxygen atoms in total. The number of nitrogens with zero attached hydrogens (tertiary/aromatic N) is 1. The van der Waals surface area contributed by atoms with Crippen molar-refractivity contribution in [3.8, 4) is 17.2 Å². The lowest BCUT2D eigenvalue weighted by Crippen LogP contribution is -2.10. The van der Waals surface area contributed by atoms with Crippen LogP contribution in [0.2, 0.25) is 5.02 Å². The molecule has 0 spiro atoms. The number of nitrogens with one attached hydrogen (secondary N) is 1. The Kier molecular flexibility index (Phi) is 4.44. The zero-order chi connectivity index (χ0) is 17.3. The van der Waals surface area contributed by atoms with Crippen LogP contribution in [0.1, 0.15) is 25.3 Å². The summed E-state index contributed by atoms with van der Waals surface area (Å²) >= 11 is 5.96. The Bertz CT molecular complexity index is 918. The van der Waals surface area contributed by atoms with Gasteiger partial charge in [0.25, 0.3) is 0 Å². The molecule has 1 amide bonds. The van der Waals surface area contributed by atoms with Gasteiger partial charge >= 0.3 is 0 Å². The molecule has 0 aliphatic rings. The third kappa shape index (κ3) is 3.21. The van der Waals surface area contributed by atoms with Gasteiger partial charge in [-0.1, -0.05) is 18.5 Å². The molecule has 0 saturated heterocycles. The fourth-order valence-corrected chi connectivity index (χ4v) is 2.65. The first-order valence-electron chi connectivity index (χ1n) is 7.68. The monoisotopic (exact) mass is 344 g/mol. The van der Waals surface area contributed by atoms with E-state index < -0.39 is 0 Å². The molecule has 6 heteroatoms. The van der Waals surface area contributed by atoms with Gasteiger partial charge in [0.05, 0.1) is 5.56 Å². The van der Waals surface area contributed by atoms with Crippen LogP contribution in [0.5, 0.6) is 5.75 Å². The van der Waals surface area contributed by atoms with Crippen LogP contribution in [0.25, 0.3) is 22.6 Å². The highest BCUT2D eigenvalue weighted by Gasteiger charge is 2.16. The standard InChI is InChI=1S/C18H17ClN2O3/c1-3-4-16(22)20-12-7-10(2)17(23)13(9-12)18-21-14-8-11(19)5-6-15(14)24-18/h5-9,23H,3-4H2,1-2H3,(H,20,22). The third-order valence-corrected chi connectivity index (χ3v) is 3.88. The summed E-state index contributed by atoms with van der Waals surface area (Å²) in [6, 6.07) is 8.51. The maximum Gasteiger partial charge on any atom is 0.231 e. The molecule has 3 rings (SSSR count). The van der Waals surface area contributed by atoms with Crippen LogP contribution >= 0.6 is 11.6 Å². The number of fused-ring (bicyclic) bond motifs is 1. The average molecular weight is 345 g/mol. The van der Waals surface area contributed by atoms with Crippen LogP contribution in [0.4, 0.5) is 5.69 Å². The van der Waals surface area contributed by atoms with E-state index in [1.165, 1.54) is 0 Å². The minimum absolute atomic E-state index is 0.0705. The van der Waals surface area contributed by atoms with Crippen LogP contribution in [-0.4, -0.2) is 16.0 Å². The zero-order valence-electron chi connectivity index (χ0n) is 13.4. The van der Waals surface area contributed by atoms with E-state index in [9.17, 15) is 9.90 Å². The van der Waals surface area contributed by atoms with Crippen molar-refractivity contribution in [3.63, 3.8) is 0 Å². The van der Waals surface area contributed by atoms with E-state index in [1.54, 1.807) is 37.3 Å². The van der Waals surface area contributed by atoms with Crippen LogP contribution in [-0.2, 0) is 4.79 Å². The largest absolute Gasteiger partial charge is 0.507 e. The highest BCUT2D eigenvalue weighted by atomic mass is 35.5. The maximum absolute atomic E-state index is 11.8. The molecule has 0 fully saturated rings. The Morgan fingerprint density at radius 1 is 1.33 bits per heavy atom. The number of halogens is 1. The summed E-state index contributed by atoms with van der Waals surface area (Å²) in [7, 11) is 0. The predicted molar refractivity (Wildman–Crippen MR) is 94.4 cm³/mol. The zero-order valence-corrected chi connectivity index (χ0v) is 14.1. The minimum atomic E-state index is -0.0714. The van der Waals surface area contributed by atoms with E-state index in [-0.39, 0.29) is 17.5 Å². The Labute approximate surface area is 144 Å². The second-order valence-corrected chi connectivity index (χ2v) is 6.05. The first kappa shape index (κ1) is 16.3. The van der Waals surface area contributed by atoms with E-state index >= 15 is 0 Å². The summed E-state index contributed by atoms with van der Waals surface area (Å²) in [5, 5.41) is 13.7. The van der Waals surface area contributed by atoms with Crippen molar-refractivity contribution in [1.82, 2.24) is 4.98 Å². The molecule has 2 aromatic carbocycles. The first-order chi connectivity index (χ1) is 11.5. The molecule has 1 aromatic heterocycles. The Morgan fingerprint density at radius 3 is 2.88 bits per heavy atom. The van der Waals surface area contributed by atoms with Gasteiger partial charge in [0, 0.05) is 17.1 Å². The lowest BCUT2D eigenvalue weighted by molar-refractivity contribution is -0.116. The van der Waals surface area contributed by atoms with Gasteiger partial charge in [-0.3, -0.25) is 4.79 Å². The number of carbonyl (C=O) groups excluding carboxylic acids is 1. The van der Waals surface area contributed by atoms with Gasteiger partial charge in [-0.2, -0.15) is 0 Å². The molecular formula is C18H17ClN2O3. The molecule has 0 radical (unpaired) electrons. The number of rotatable bonds is 4. The molecule has 0 saturated carbocycles. The highest BCUT2D eigenvalue weighted by Crippen LogP contribution is 2.36. The number of aromatic hydroxyl groups is 1. The maximum atomic E-state index is 11.8. The summed E-state index contributed by atoms with van der Waals surface area (Å²) in [5.41, 5.74) is 2.83. The van der Waals surface area contributed by atoms with Gasteiger partial charge in [0.2, 0.25) is 11.8 Å². The summed E-state index contributed by atoms with van der Waals surface area (Å²) in [4.78, 5) is 16.2. The second-order valence-electron chi connectivity index (χ2n) is 5.62. The van der Waals surface area contributed by atoms with Crippen LogP contribution < -0.4 is 5.32 Å². The molecule has 24 heavy (non-hydrogen) atoms. The number of anilines is 1. The van der Waals surface area contributed by atoms with E-state index in [4.69, 9.17) is 16.0 Å². The van der Waals surface area contributed by atoms with Gasteiger partial charge in [-0.15, -0.1) is 0 Å². The smallest absolute Gasteiger partial charge is 0.231 e. The van der Waals surface area contributed by atoms with Crippen LogP contribution in [0.15, 0.2) is 34.7 Å². The van der Waals surface area contributed by atoms with Crippen molar-refractivity contribution in [3.05, 3.63) is 40.9 Å². The molecule has 3 aromatic rings. The molecule has 0 aliphatic carbocycles. The van der Waals surface area contributed by atoms with Gasteiger partial charge in [0.1, 0.15) is 11.3 Å². The quantitative estimate of drug-likeness (QED) is 0.660. The minimum Gasteiger partial charge on any atom is -0.507 e. The Balaban J connectivity index is 2.04. The number of benzene rings is 2. The highest BCUT2D eigenvalue weighted by molar-refractivity contribution is 6.31. The van der Waals surface area contributed by atoms with Gasteiger partial charge in [-0.25, -0.2) is 4.98 Å². The van der Waals surface area contributed by atoms with E-state index in [1.807, 2.05) is 6.92 Å². The number of phenols is 1. The van der Waals surface area contributed by atoms with Gasteiger partial charge in [-0.05, 0) is 49.2 Å².